The van der Waals surface area contributed by atoms with Crippen molar-refractivity contribution in [3.63, 3.8) is 0 Å². The fourth-order valence-corrected chi connectivity index (χ4v) is 11.1. The van der Waals surface area contributed by atoms with E-state index in [1.807, 2.05) is 6.92 Å². The smallest absolute Gasteiger partial charge is 0.306 e. The standard InChI is InChI=1S/C44H71NO10/c1-12-35-41(48-9)42(49-10)43(50-11)44(55-35)52-27-19-28-24(4)18-29-31(30(28)20-27)21-33-32(29)22-38(46)53-36(23(2)3)14-13-15-37(25(5)40(33)47)54-39-17-16-34(45(7)8)26(6)51-39/h18,21,23,25-32,34-37,39,41-44H,12-17,19-20,22H2,1-11H3/t25?,26-,27?,28?,29?,30?,31?,32?,34-,35+,36?,37?,39?,41?,42?,43?,44?/m1/s1. The lowest BCUT2D eigenvalue weighted by molar-refractivity contribution is -0.317. The molecule has 0 bridgehead atoms. The zero-order valence-corrected chi connectivity index (χ0v) is 35.4. The van der Waals surface area contributed by atoms with E-state index in [2.05, 4.69) is 65.8 Å². The zero-order valence-electron chi connectivity index (χ0n) is 35.4. The van der Waals surface area contributed by atoms with Gasteiger partial charge in [0, 0.05) is 39.2 Å². The van der Waals surface area contributed by atoms with Gasteiger partial charge in [-0.05, 0) is 114 Å². The topological polar surface area (TPSA) is 111 Å². The quantitative estimate of drug-likeness (QED) is 0.179. The minimum Gasteiger partial charge on any atom is -0.462 e. The number of ether oxygens (including phenoxy) is 8. The number of carbonyl (C=O) groups excluding carboxylic acids is 2. The van der Waals surface area contributed by atoms with E-state index in [1.54, 1.807) is 21.3 Å². The molecule has 312 valence electrons. The lowest BCUT2D eigenvalue weighted by atomic mass is 9.67. The zero-order chi connectivity index (χ0) is 39.7. The predicted molar refractivity (Wildman–Crippen MR) is 208 cm³/mol. The third kappa shape index (κ3) is 8.99. The van der Waals surface area contributed by atoms with Crippen LogP contribution in [0.4, 0.5) is 0 Å². The van der Waals surface area contributed by atoms with Gasteiger partial charge in [-0.1, -0.05) is 45.4 Å². The van der Waals surface area contributed by atoms with Crippen molar-refractivity contribution in [2.45, 2.75) is 167 Å². The molecule has 0 aromatic heterocycles. The molecule has 4 fully saturated rings. The van der Waals surface area contributed by atoms with Crippen LogP contribution in [0.3, 0.4) is 0 Å². The van der Waals surface area contributed by atoms with Gasteiger partial charge in [0.2, 0.25) is 0 Å². The average Bonchev–Trinajstić information content (AvgIpc) is 3.73. The summed E-state index contributed by atoms with van der Waals surface area (Å²) in [4.78, 5) is 30.8. The number of nitrogens with zero attached hydrogens (tertiary/aromatic N) is 1. The van der Waals surface area contributed by atoms with E-state index in [0.29, 0.717) is 18.4 Å². The summed E-state index contributed by atoms with van der Waals surface area (Å²) in [6.45, 7) is 12.7. The highest BCUT2D eigenvalue weighted by atomic mass is 16.7. The minimum absolute atomic E-state index is 0.0322. The number of methoxy groups -OCH3 is 3. The first-order valence-corrected chi connectivity index (χ1v) is 21.3. The molecule has 0 amide bonds. The van der Waals surface area contributed by atoms with Crippen LogP contribution in [-0.2, 0) is 47.5 Å². The van der Waals surface area contributed by atoms with E-state index in [1.165, 1.54) is 5.57 Å². The second-order valence-corrected chi connectivity index (χ2v) is 18.0. The molecule has 3 aliphatic heterocycles. The number of carbonyl (C=O) groups is 2. The van der Waals surface area contributed by atoms with Gasteiger partial charge < -0.3 is 42.8 Å². The third-order valence-corrected chi connectivity index (χ3v) is 14.2. The van der Waals surface area contributed by atoms with Gasteiger partial charge in [0.25, 0.3) is 0 Å². The molecule has 0 N–H and O–H groups in total. The average molecular weight is 774 g/mol. The Balaban J connectivity index is 1.24. The summed E-state index contributed by atoms with van der Waals surface area (Å²) in [6.07, 6.45) is 8.56. The fourth-order valence-electron chi connectivity index (χ4n) is 11.1. The summed E-state index contributed by atoms with van der Waals surface area (Å²) >= 11 is 0. The molecule has 3 saturated heterocycles. The van der Waals surface area contributed by atoms with Crippen LogP contribution < -0.4 is 0 Å². The van der Waals surface area contributed by atoms with Gasteiger partial charge >= 0.3 is 5.97 Å². The SMILES string of the molecule is CC[C@@H]1OC(OC2CC3C(C)=CC4C5CC(=O)OC(C(C)C)CCCC(OC6CC[C@@H](N(C)C)[C@@H](C)O6)C(C)C(=O)C5=CC4C3C2)C(OC)C(OC)C1OC. The van der Waals surface area contributed by atoms with E-state index in [-0.39, 0.29) is 103 Å². The Bertz CT molecular complexity index is 1380. The highest BCUT2D eigenvalue weighted by Crippen LogP contribution is 2.56. The molecule has 14 unspecified atom stereocenters. The van der Waals surface area contributed by atoms with Gasteiger partial charge in [-0.3, -0.25) is 9.59 Å². The maximum absolute atomic E-state index is 14.8. The van der Waals surface area contributed by atoms with Gasteiger partial charge in [0.05, 0.1) is 30.8 Å². The predicted octanol–water partition coefficient (Wildman–Crippen LogP) is 6.51. The molecule has 0 aromatic rings. The van der Waals surface area contributed by atoms with Gasteiger partial charge in [-0.2, -0.15) is 0 Å². The molecular weight excluding hydrogens is 702 g/mol. The molecule has 3 aliphatic carbocycles. The van der Waals surface area contributed by atoms with Crippen molar-refractivity contribution < 1.29 is 47.5 Å². The second kappa shape index (κ2) is 18.5. The van der Waals surface area contributed by atoms with Gasteiger partial charge in [-0.15, -0.1) is 0 Å². The number of cyclic esters (lactones) is 1. The number of ketones is 1. The van der Waals surface area contributed by atoms with E-state index >= 15 is 0 Å². The Morgan fingerprint density at radius 3 is 2.22 bits per heavy atom. The number of allylic oxidation sites excluding steroid dienone is 4. The van der Waals surface area contributed by atoms with Crippen molar-refractivity contribution >= 4 is 11.8 Å². The Kier molecular flexibility index (Phi) is 14.4. The summed E-state index contributed by atoms with van der Waals surface area (Å²) in [7, 11) is 9.21. The number of fused-ring (bicyclic) bond motifs is 5. The molecule has 0 radical (unpaired) electrons. The number of Topliss-reactive ketones (excluding diaryl/α,β-unsaturated/α-hetero) is 1. The number of esters is 1. The number of hydrogen-bond acceptors (Lipinski definition) is 11. The third-order valence-electron chi connectivity index (χ3n) is 14.2. The summed E-state index contributed by atoms with van der Waals surface area (Å²) in [5.41, 5.74) is 2.07. The second-order valence-electron chi connectivity index (χ2n) is 18.0. The maximum Gasteiger partial charge on any atom is 0.306 e. The van der Waals surface area contributed by atoms with Crippen LogP contribution in [0.25, 0.3) is 0 Å². The van der Waals surface area contributed by atoms with Crippen molar-refractivity contribution in [2.75, 3.05) is 35.4 Å². The Morgan fingerprint density at radius 2 is 1.58 bits per heavy atom. The van der Waals surface area contributed by atoms with Crippen molar-refractivity contribution in [3.8, 4) is 0 Å². The van der Waals surface area contributed by atoms with Crippen LogP contribution in [0, 0.1) is 41.4 Å². The molecule has 3 heterocycles. The van der Waals surface area contributed by atoms with Crippen molar-refractivity contribution in [2.24, 2.45) is 41.4 Å². The molecule has 6 rings (SSSR count). The number of hydrogen-bond donors (Lipinski definition) is 0. The van der Waals surface area contributed by atoms with E-state index in [9.17, 15) is 9.59 Å². The summed E-state index contributed by atoms with van der Waals surface area (Å²) in [6, 6.07) is 0.334. The Labute approximate surface area is 330 Å². The summed E-state index contributed by atoms with van der Waals surface area (Å²) in [5, 5.41) is 0. The molecule has 0 spiro atoms. The summed E-state index contributed by atoms with van der Waals surface area (Å²) in [5.74, 6) is 0.156. The van der Waals surface area contributed by atoms with E-state index in [4.69, 9.17) is 37.9 Å². The minimum atomic E-state index is -0.596. The largest absolute Gasteiger partial charge is 0.462 e. The summed E-state index contributed by atoms with van der Waals surface area (Å²) < 4.78 is 50.4. The van der Waals surface area contributed by atoms with Gasteiger partial charge in [0.15, 0.2) is 18.4 Å². The first-order chi connectivity index (χ1) is 26.3. The molecule has 11 nitrogen and oxygen atoms in total. The molecule has 6 aliphatic rings. The molecule has 55 heavy (non-hydrogen) atoms. The molecule has 17 atom stereocenters. The van der Waals surface area contributed by atoms with Crippen molar-refractivity contribution in [1.82, 2.24) is 4.90 Å². The van der Waals surface area contributed by atoms with Crippen molar-refractivity contribution in [1.29, 1.82) is 0 Å². The first kappa shape index (κ1) is 42.9. The van der Waals surface area contributed by atoms with Crippen LogP contribution in [0.1, 0.15) is 99.3 Å². The van der Waals surface area contributed by atoms with Crippen molar-refractivity contribution in [3.05, 3.63) is 23.3 Å². The highest BCUT2D eigenvalue weighted by molar-refractivity contribution is 5.99. The van der Waals surface area contributed by atoms with Crippen LogP contribution >= 0.6 is 0 Å². The normalized spacial score (nSPS) is 44.2. The Morgan fingerprint density at radius 1 is 0.855 bits per heavy atom. The highest BCUT2D eigenvalue weighted by Gasteiger charge is 2.54. The van der Waals surface area contributed by atoms with E-state index in [0.717, 1.165) is 50.5 Å². The van der Waals surface area contributed by atoms with Gasteiger partial charge in [0.1, 0.15) is 24.4 Å². The molecular formula is C44H71NO10. The number of likely N-dealkylation sites (N-methyl/N-ethyl adjacent to an activating group) is 1. The fraction of sp³-hybridized carbons (Fsp3) is 0.864. The molecule has 11 heteroatoms. The molecule has 1 saturated carbocycles. The van der Waals surface area contributed by atoms with E-state index < -0.39 is 12.4 Å². The maximum atomic E-state index is 14.8. The van der Waals surface area contributed by atoms with Crippen LogP contribution in [0.2, 0.25) is 0 Å². The lowest BCUT2D eigenvalue weighted by Crippen LogP contribution is -2.60. The monoisotopic (exact) mass is 774 g/mol. The first-order valence-electron chi connectivity index (χ1n) is 21.3. The van der Waals surface area contributed by atoms with Gasteiger partial charge in [-0.25, -0.2) is 0 Å². The van der Waals surface area contributed by atoms with Crippen LogP contribution in [0.15, 0.2) is 23.3 Å². The Hall–Kier alpha value is -1.70. The molecule has 0 aromatic carbocycles. The lowest BCUT2D eigenvalue weighted by Gasteiger charge is -2.45. The van der Waals surface area contributed by atoms with Crippen LogP contribution in [-0.4, -0.2) is 120 Å². The van der Waals surface area contributed by atoms with Crippen LogP contribution in [0.5, 0.6) is 0 Å². The number of rotatable bonds is 10.